The Morgan fingerprint density at radius 2 is 1.95 bits per heavy atom. The van der Waals surface area contributed by atoms with Crippen LogP contribution in [0.4, 0.5) is 4.79 Å². The van der Waals surface area contributed by atoms with E-state index in [1.165, 1.54) is 0 Å². The lowest BCUT2D eigenvalue weighted by Gasteiger charge is -2.37. The number of aliphatic carboxylic acids is 1. The smallest absolute Gasteiger partial charge is 0.317 e. The molecule has 0 bridgehead atoms. The molecule has 2 rings (SSSR count). The maximum atomic E-state index is 12.1. The Labute approximate surface area is 125 Å². The van der Waals surface area contributed by atoms with Crippen molar-refractivity contribution in [2.24, 2.45) is 11.8 Å². The van der Waals surface area contributed by atoms with Crippen LogP contribution in [0.2, 0.25) is 0 Å². The zero-order valence-corrected chi connectivity index (χ0v) is 12.7. The number of carboxylic acids is 1. The molecule has 120 valence electrons. The number of hydrogen-bond acceptors (Lipinski definition) is 3. The molecule has 1 saturated heterocycles. The number of carbonyl (C=O) groups is 2. The predicted molar refractivity (Wildman–Crippen MR) is 77.9 cm³/mol. The van der Waals surface area contributed by atoms with Crippen molar-refractivity contribution in [1.82, 2.24) is 10.2 Å². The van der Waals surface area contributed by atoms with Crippen molar-refractivity contribution < 1.29 is 19.8 Å². The van der Waals surface area contributed by atoms with Gasteiger partial charge in [0.1, 0.15) is 0 Å². The lowest BCUT2D eigenvalue weighted by molar-refractivity contribution is -0.143. The molecule has 0 aromatic rings. The van der Waals surface area contributed by atoms with Gasteiger partial charge in [0, 0.05) is 13.1 Å². The fourth-order valence-electron chi connectivity index (χ4n) is 3.35. The van der Waals surface area contributed by atoms with Crippen molar-refractivity contribution in [1.29, 1.82) is 0 Å². The van der Waals surface area contributed by atoms with Crippen LogP contribution in [0.3, 0.4) is 0 Å². The number of β-amino-alcohol motifs (C(OH)–C–C–N with tert-alkyl or cyclic N) is 1. The Bertz CT molecular complexity index is 389. The molecule has 0 radical (unpaired) electrons. The number of aliphatic hydroxyl groups is 1. The van der Waals surface area contributed by atoms with E-state index in [2.05, 4.69) is 5.32 Å². The third-order valence-electron chi connectivity index (χ3n) is 4.70. The molecule has 2 fully saturated rings. The molecule has 0 spiro atoms. The summed E-state index contributed by atoms with van der Waals surface area (Å²) >= 11 is 0. The second-order valence-electron chi connectivity index (χ2n) is 6.76. The SMILES string of the molecule is CC1(O)CCCN(C(=O)NCC2CCC(C(=O)O)CC2)C1. The largest absolute Gasteiger partial charge is 0.481 e. The van der Waals surface area contributed by atoms with Gasteiger partial charge in [-0.2, -0.15) is 0 Å². The Hall–Kier alpha value is -1.30. The van der Waals surface area contributed by atoms with Crippen molar-refractivity contribution in [2.75, 3.05) is 19.6 Å². The minimum atomic E-state index is -0.783. The van der Waals surface area contributed by atoms with Gasteiger partial charge in [-0.3, -0.25) is 4.79 Å². The number of hydrogen-bond donors (Lipinski definition) is 3. The van der Waals surface area contributed by atoms with Gasteiger partial charge in [0.05, 0.1) is 18.1 Å². The van der Waals surface area contributed by atoms with Crippen LogP contribution in [0, 0.1) is 11.8 Å². The molecule has 1 unspecified atom stereocenters. The Morgan fingerprint density at radius 1 is 1.29 bits per heavy atom. The van der Waals surface area contributed by atoms with Gasteiger partial charge in [-0.05, 0) is 51.4 Å². The van der Waals surface area contributed by atoms with Crippen molar-refractivity contribution in [3.8, 4) is 0 Å². The van der Waals surface area contributed by atoms with Gasteiger partial charge in [0.25, 0.3) is 0 Å². The number of piperidine rings is 1. The summed E-state index contributed by atoms with van der Waals surface area (Å²) in [4.78, 5) is 24.7. The lowest BCUT2D eigenvalue weighted by atomic mass is 9.82. The van der Waals surface area contributed by atoms with E-state index in [0.717, 1.165) is 25.7 Å². The molecule has 1 aliphatic carbocycles. The maximum absolute atomic E-state index is 12.1. The van der Waals surface area contributed by atoms with E-state index in [9.17, 15) is 14.7 Å². The van der Waals surface area contributed by atoms with Gasteiger partial charge in [0.2, 0.25) is 0 Å². The first-order valence-electron chi connectivity index (χ1n) is 7.85. The first-order chi connectivity index (χ1) is 9.87. The number of urea groups is 1. The number of nitrogens with one attached hydrogen (secondary N) is 1. The molecular formula is C15H26N2O4. The van der Waals surface area contributed by atoms with Crippen LogP contribution in [-0.2, 0) is 4.79 Å². The summed E-state index contributed by atoms with van der Waals surface area (Å²) in [6.45, 7) is 3.43. The Morgan fingerprint density at radius 3 is 2.52 bits per heavy atom. The number of likely N-dealkylation sites (tertiary alicyclic amines) is 1. The van der Waals surface area contributed by atoms with Gasteiger partial charge >= 0.3 is 12.0 Å². The minimum Gasteiger partial charge on any atom is -0.481 e. The van der Waals surface area contributed by atoms with Crippen LogP contribution in [-0.4, -0.2) is 52.3 Å². The zero-order valence-electron chi connectivity index (χ0n) is 12.7. The van der Waals surface area contributed by atoms with Gasteiger partial charge in [-0.1, -0.05) is 0 Å². The average molecular weight is 298 g/mol. The highest BCUT2D eigenvalue weighted by Crippen LogP contribution is 2.28. The van der Waals surface area contributed by atoms with Crippen LogP contribution in [0.5, 0.6) is 0 Å². The van der Waals surface area contributed by atoms with E-state index < -0.39 is 11.6 Å². The van der Waals surface area contributed by atoms with Crippen molar-refractivity contribution in [3.05, 3.63) is 0 Å². The number of rotatable bonds is 3. The van der Waals surface area contributed by atoms with E-state index in [1.807, 2.05) is 0 Å². The Balaban J connectivity index is 1.71. The average Bonchev–Trinajstić information content (AvgIpc) is 2.44. The fourth-order valence-corrected chi connectivity index (χ4v) is 3.35. The molecule has 6 nitrogen and oxygen atoms in total. The molecular weight excluding hydrogens is 272 g/mol. The highest BCUT2D eigenvalue weighted by Gasteiger charge is 2.31. The summed E-state index contributed by atoms with van der Waals surface area (Å²) in [5.74, 6) is -0.544. The number of nitrogens with zero attached hydrogens (tertiary/aromatic N) is 1. The molecule has 3 N–H and O–H groups in total. The van der Waals surface area contributed by atoms with Gasteiger partial charge < -0.3 is 20.4 Å². The van der Waals surface area contributed by atoms with Crippen LogP contribution >= 0.6 is 0 Å². The molecule has 1 heterocycles. The summed E-state index contributed by atoms with van der Waals surface area (Å²) < 4.78 is 0. The summed E-state index contributed by atoms with van der Waals surface area (Å²) in [5.41, 5.74) is -0.783. The third-order valence-corrected chi connectivity index (χ3v) is 4.70. The summed E-state index contributed by atoms with van der Waals surface area (Å²) in [5, 5.41) is 21.9. The van der Waals surface area contributed by atoms with Gasteiger partial charge in [-0.15, -0.1) is 0 Å². The van der Waals surface area contributed by atoms with Crippen LogP contribution in [0.15, 0.2) is 0 Å². The molecule has 1 saturated carbocycles. The van der Waals surface area contributed by atoms with E-state index in [1.54, 1.807) is 11.8 Å². The van der Waals surface area contributed by atoms with Crippen molar-refractivity contribution in [2.45, 2.75) is 51.0 Å². The normalized spacial score (nSPS) is 33.5. The zero-order chi connectivity index (χ0) is 15.5. The van der Waals surface area contributed by atoms with Crippen LogP contribution in [0.1, 0.15) is 45.4 Å². The van der Waals surface area contributed by atoms with Crippen LogP contribution < -0.4 is 5.32 Å². The first-order valence-corrected chi connectivity index (χ1v) is 7.85. The monoisotopic (exact) mass is 298 g/mol. The fraction of sp³-hybridized carbons (Fsp3) is 0.867. The summed E-state index contributed by atoms with van der Waals surface area (Å²) in [7, 11) is 0. The van der Waals surface area contributed by atoms with E-state index in [-0.39, 0.29) is 11.9 Å². The second kappa shape index (κ2) is 6.64. The number of carboxylic acid groups (broad SMARTS) is 1. The molecule has 2 aliphatic rings. The highest BCUT2D eigenvalue weighted by atomic mass is 16.4. The lowest BCUT2D eigenvalue weighted by Crippen LogP contribution is -2.52. The second-order valence-corrected chi connectivity index (χ2v) is 6.76. The Kier molecular flexibility index (Phi) is 5.08. The standard InChI is InChI=1S/C15H26N2O4/c1-15(21)7-2-8-17(10-15)14(20)16-9-11-3-5-12(6-4-11)13(18)19/h11-12,21H,2-10H2,1H3,(H,16,20)(H,18,19). The maximum Gasteiger partial charge on any atom is 0.317 e. The minimum absolute atomic E-state index is 0.115. The predicted octanol–water partition coefficient (Wildman–Crippen LogP) is 1.43. The molecule has 2 amide bonds. The molecule has 0 aromatic carbocycles. The summed E-state index contributed by atoms with van der Waals surface area (Å²) in [6, 6.07) is -0.115. The molecule has 6 heteroatoms. The third kappa shape index (κ3) is 4.59. The molecule has 1 aliphatic heterocycles. The van der Waals surface area contributed by atoms with Crippen molar-refractivity contribution in [3.63, 3.8) is 0 Å². The van der Waals surface area contributed by atoms with E-state index in [4.69, 9.17) is 5.11 Å². The molecule has 21 heavy (non-hydrogen) atoms. The van der Waals surface area contributed by atoms with Gasteiger partial charge in [0.15, 0.2) is 0 Å². The van der Waals surface area contributed by atoms with E-state index >= 15 is 0 Å². The summed E-state index contributed by atoms with van der Waals surface area (Å²) in [6.07, 6.45) is 4.67. The van der Waals surface area contributed by atoms with Crippen LogP contribution in [0.25, 0.3) is 0 Å². The number of carbonyl (C=O) groups excluding carboxylic acids is 1. The number of amides is 2. The molecule has 0 aromatic heterocycles. The van der Waals surface area contributed by atoms with Gasteiger partial charge in [-0.25, -0.2) is 4.79 Å². The molecule has 1 atom stereocenters. The highest BCUT2D eigenvalue weighted by molar-refractivity contribution is 5.74. The topological polar surface area (TPSA) is 89.9 Å². The quantitative estimate of drug-likeness (QED) is 0.735. The van der Waals surface area contributed by atoms with E-state index in [0.29, 0.717) is 38.4 Å². The first kappa shape index (κ1) is 16.1. The van der Waals surface area contributed by atoms with Crippen molar-refractivity contribution >= 4 is 12.0 Å².